The fourth-order valence-electron chi connectivity index (χ4n) is 4.60. The van der Waals surface area contributed by atoms with Crippen molar-refractivity contribution in [2.75, 3.05) is 13.2 Å². The molecule has 0 fully saturated rings. The number of carbonyl (C=O) groups excluding carboxylic acids is 4. The van der Waals surface area contributed by atoms with Gasteiger partial charge in [-0.25, -0.2) is 9.59 Å². The Balaban J connectivity index is 5.47. The van der Waals surface area contributed by atoms with Crippen LogP contribution < -0.4 is 0 Å². The van der Waals surface area contributed by atoms with Crippen LogP contribution in [0.4, 0.5) is 0 Å². The molecule has 0 spiro atoms. The van der Waals surface area contributed by atoms with E-state index >= 15 is 0 Å². The average molecular weight is 575 g/mol. The Kier molecular flexibility index (Phi) is 23.7. The van der Waals surface area contributed by atoms with Crippen LogP contribution in [0.25, 0.3) is 0 Å². The Labute approximate surface area is 239 Å². The number of hydrogen-bond acceptors (Lipinski definition) is 10. The van der Waals surface area contributed by atoms with Crippen molar-refractivity contribution in [2.45, 2.75) is 142 Å². The number of ether oxygens (including phenoxy) is 2. The van der Waals surface area contributed by atoms with Gasteiger partial charge in [-0.05, 0) is 12.8 Å². The van der Waals surface area contributed by atoms with Crippen LogP contribution in [0.3, 0.4) is 0 Å². The molecule has 0 radical (unpaired) electrons. The molecule has 4 N–H and O–H groups in total. The van der Waals surface area contributed by atoms with E-state index in [1.807, 2.05) is 0 Å². The van der Waals surface area contributed by atoms with E-state index in [0.717, 1.165) is 64.2 Å². The fraction of sp³-hybridized carbons (Fsp3) is 0.867. The Morgan fingerprint density at radius 1 is 0.475 bits per heavy atom. The van der Waals surface area contributed by atoms with E-state index in [1.165, 1.54) is 25.7 Å². The smallest absolute Gasteiger partial charge is 0.345 e. The van der Waals surface area contributed by atoms with Gasteiger partial charge in [0.25, 0.3) is 0 Å². The predicted octanol–water partition coefficient (Wildman–Crippen LogP) is 4.13. The first-order valence-electron chi connectivity index (χ1n) is 15.3. The van der Waals surface area contributed by atoms with Crippen molar-refractivity contribution in [2.24, 2.45) is 11.8 Å². The van der Waals surface area contributed by atoms with Crippen molar-refractivity contribution < 1.29 is 49.1 Å². The highest BCUT2D eigenvalue weighted by Crippen LogP contribution is 2.28. The number of hydrogen-bond donors (Lipinski definition) is 4. The van der Waals surface area contributed by atoms with Crippen molar-refractivity contribution in [3.8, 4) is 0 Å². The normalized spacial score (nSPS) is 14.2. The summed E-state index contributed by atoms with van der Waals surface area (Å²) >= 11 is 0. The van der Waals surface area contributed by atoms with E-state index in [-0.39, 0.29) is 12.8 Å². The average Bonchev–Trinajstić information content (AvgIpc) is 2.94. The van der Waals surface area contributed by atoms with Crippen LogP contribution in [0.5, 0.6) is 0 Å². The van der Waals surface area contributed by atoms with Gasteiger partial charge in [0, 0.05) is 0 Å². The third-order valence-corrected chi connectivity index (χ3v) is 7.12. The standard InChI is InChI=1S/C30H54O10/c1-3-5-7-9-11-13-15-17-19-23(27(35)39-29(37)25(33)21-31)24(28(36)40-30(38)26(34)22-32)20-18-16-14-12-10-8-6-4-2/h23-26,31-34H,3-22H2,1-2H3. The van der Waals surface area contributed by atoms with Gasteiger partial charge in [-0.3, -0.25) is 9.59 Å². The van der Waals surface area contributed by atoms with Gasteiger partial charge in [-0.1, -0.05) is 117 Å². The summed E-state index contributed by atoms with van der Waals surface area (Å²) in [4.78, 5) is 50.1. The predicted molar refractivity (Wildman–Crippen MR) is 150 cm³/mol. The molecule has 0 rings (SSSR count). The number of aliphatic hydroxyl groups is 4. The molecule has 0 aromatic carbocycles. The number of esters is 4. The summed E-state index contributed by atoms with van der Waals surface area (Å²) in [5.74, 6) is -6.94. The van der Waals surface area contributed by atoms with Crippen LogP contribution in [-0.4, -0.2) is 69.7 Å². The summed E-state index contributed by atoms with van der Waals surface area (Å²) in [6.07, 6.45) is 12.6. The molecule has 0 bridgehead atoms. The van der Waals surface area contributed by atoms with Gasteiger partial charge in [0.2, 0.25) is 0 Å². The third kappa shape index (κ3) is 17.7. The monoisotopic (exact) mass is 574 g/mol. The minimum atomic E-state index is -1.90. The van der Waals surface area contributed by atoms with Crippen LogP contribution in [0, 0.1) is 11.8 Å². The molecule has 0 aromatic rings. The first-order chi connectivity index (χ1) is 19.2. The van der Waals surface area contributed by atoms with Crippen molar-refractivity contribution in [1.29, 1.82) is 0 Å². The van der Waals surface area contributed by atoms with Gasteiger partial charge < -0.3 is 29.9 Å². The molecule has 4 atom stereocenters. The van der Waals surface area contributed by atoms with Crippen LogP contribution in [-0.2, 0) is 28.7 Å². The van der Waals surface area contributed by atoms with E-state index in [9.17, 15) is 29.4 Å². The summed E-state index contributed by atoms with van der Waals surface area (Å²) < 4.78 is 9.61. The van der Waals surface area contributed by atoms with Crippen LogP contribution in [0.2, 0.25) is 0 Å². The molecule has 10 heteroatoms. The third-order valence-electron chi connectivity index (χ3n) is 7.12. The topological polar surface area (TPSA) is 168 Å². The summed E-state index contributed by atoms with van der Waals surface area (Å²) in [6.45, 7) is 2.45. The maximum Gasteiger partial charge on any atom is 0.345 e. The quantitative estimate of drug-likeness (QED) is 0.0707. The van der Waals surface area contributed by atoms with Gasteiger partial charge in [-0.15, -0.1) is 0 Å². The van der Waals surface area contributed by atoms with Crippen LogP contribution >= 0.6 is 0 Å². The maximum atomic E-state index is 13.1. The molecule has 0 aliphatic carbocycles. The van der Waals surface area contributed by atoms with Crippen molar-refractivity contribution >= 4 is 23.9 Å². The molecule has 40 heavy (non-hydrogen) atoms. The molecule has 0 aromatic heterocycles. The van der Waals surface area contributed by atoms with Crippen LogP contribution in [0.15, 0.2) is 0 Å². The molecule has 0 amide bonds. The van der Waals surface area contributed by atoms with Gasteiger partial charge >= 0.3 is 23.9 Å². The second-order valence-electron chi connectivity index (χ2n) is 10.6. The largest absolute Gasteiger partial charge is 0.393 e. The molecule has 0 aliphatic rings. The highest BCUT2D eigenvalue weighted by atomic mass is 16.6. The van der Waals surface area contributed by atoms with E-state index < -0.39 is 61.1 Å². The lowest BCUT2D eigenvalue weighted by Crippen LogP contribution is -2.38. The van der Waals surface area contributed by atoms with Gasteiger partial charge in [-0.2, -0.15) is 0 Å². The van der Waals surface area contributed by atoms with Crippen molar-refractivity contribution in [1.82, 2.24) is 0 Å². The summed E-state index contributed by atoms with van der Waals surface area (Å²) in [6, 6.07) is 0. The minimum absolute atomic E-state index is 0.198. The lowest BCUT2D eigenvalue weighted by molar-refractivity contribution is -0.178. The fourth-order valence-corrected chi connectivity index (χ4v) is 4.60. The molecule has 4 unspecified atom stereocenters. The molecule has 0 saturated heterocycles. The van der Waals surface area contributed by atoms with Gasteiger partial charge in [0.15, 0.2) is 12.2 Å². The first-order valence-corrected chi connectivity index (χ1v) is 15.3. The van der Waals surface area contributed by atoms with E-state index in [1.54, 1.807) is 0 Å². The number of aliphatic hydroxyl groups excluding tert-OH is 4. The highest BCUT2D eigenvalue weighted by molar-refractivity contribution is 5.94. The Morgan fingerprint density at radius 2 is 0.750 bits per heavy atom. The summed E-state index contributed by atoms with van der Waals surface area (Å²) in [5.41, 5.74) is 0. The van der Waals surface area contributed by atoms with E-state index in [4.69, 9.17) is 19.7 Å². The molecular formula is C30H54O10. The molecule has 10 nitrogen and oxygen atoms in total. The van der Waals surface area contributed by atoms with Gasteiger partial charge in [0.1, 0.15) is 0 Å². The molecule has 0 heterocycles. The Hall–Kier alpha value is -1.88. The van der Waals surface area contributed by atoms with Gasteiger partial charge in [0.05, 0.1) is 25.0 Å². The Morgan fingerprint density at radius 3 is 1.02 bits per heavy atom. The lowest BCUT2D eigenvalue weighted by Gasteiger charge is -2.24. The Bertz CT molecular complexity index is 638. The molecule has 0 saturated carbocycles. The maximum absolute atomic E-state index is 13.1. The minimum Gasteiger partial charge on any atom is -0.393 e. The van der Waals surface area contributed by atoms with E-state index in [2.05, 4.69) is 13.8 Å². The first kappa shape index (κ1) is 38.1. The van der Waals surface area contributed by atoms with Crippen molar-refractivity contribution in [3.63, 3.8) is 0 Å². The zero-order chi connectivity index (χ0) is 30.2. The second kappa shape index (κ2) is 24.9. The van der Waals surface area contributed by atoms with E-state index in [0.29, 0.717) is 12.8 Å². The number of carbonyl (C=O) groups is 4. The van der Waals surface area contributed by atoms with Crippen molar-refractivity contribution in [3.05, 3.63) is 0 Å². The lowest BCUT2D eigenvalue weighted by atomic mass is 9.83. The van der Waals surface area contributed by atoms with Crippen LogP contribution in [0.1, 0.15) is 129 Å². The highest BCUT2D eigenvalue weighted by Gasteiger charge is 2.38. The zero-order valence-corrected chi connectivity index (χ0v) is 24.7. The molecule has 234 valence electrons. The summed E-state index contributed by atoms with van der Waals surface area (Å²) in [7, 11) is 0. The SMILES string of the molecule is CCCCCCCCCCC(C(=O)OC(=O)C(O)CO)C(CCCCCCCCCC)C(=O)OC(=O)C(O)CO. The number of unbranched alkanes of at least 4 members (excludes halogenated alkanes) is 14. The summed E-state index contributed by atoms with van der Waals surface area (Å²) in [5, 5.41) is 37.2. The zero-order valence-electron chi connectivity index (χ0n) is 24.7. The molecular weight excluding hydrogens is 520 g/mol. The molecule has 0 aliphatic heterocycles. The second-order valence-corrected chi connectivity index (χ2v) is 10.6. The number of rotatable bonds is 25.